The molecule has 0 saturated carbocycles. The molecule has 0 fully saturated rings. The molecule has 0 amide bonds. The Kier molecular flexibility index (Phi) is 9.47. The first-order valence-corrected chi connectivity index (χ1v) is 12.9. The first-order valence-electron chi connectivity index (χ1n) is 12.9. The number of nitrogens with one attached hydrogen (secondary N) is 2. The number of anilines is 2. The number of carbonyl (C=O) groups is 1. The van der Waals surface area contributed by atoms with Crippen molar-refractivity contribution >= 4 is 28.4 Å². The van der Waals surface area contributed by atoms with Gasteiger partial charge in [0.15, 0.2) is 0 Å². The number of aliphatic carboxylic acids is 1. The third kappa shape index (κ3) is 7.15. The first kappa shape index (κ1) is 25.9. The van der Waals surface area contributed by atoms with Crippen molar-refractivity contribution in [2.24, 2.45) is 0 Å². The van der Waals surface area contributed by atoms with E-state index in [0.717, 1.165) is 73.4 Å². The molecule has 3 aromatic rings. The quantitative estimate of drug-likeness (QED) is 0.288. The van der Waals surface area contributed by atoms with Gasteiger partial charge in [-0.2, -0.15) is 0 Å². The average molecular weight is 492 g/mol. The molecule has 8 heteroatoms. The zero-order valence-electron chi connectivity index (χ0n) is 21.1. The van der Waals surface area contributed by atoms with E-state index in [1.807, 2.05) is 30.3 Å². The Bertz CT molecular complexity index is 1130. The molecule has 0 radical (unpaired) electrons. The van der Waals surface area contributed by atoms with Crippen LogP contribution in [-0.4, -0.2) is 71.9 Å². The monoisotopic (exact) mass is 491 g/mol. The van der Waals surface area contributed by atoms with Crippen molar-refractivity contribution in [2.75, 3.05) is 50.5 Å². The van der Waals surface area contributed by atoms with Gasteiger partial charge in [-0.1, -0.05) is 24.3 Å². The lowest BCUT2D eigenvalue weighted by molar-refractivity contribution is -0.138. The van der Waals surface area contributed by atoms with Gasteiger partial charge in [0.25, 0.3) is 0 Å². The van der Waals surface area contributed by atoms with Crippen LogP contribution < -0.4 is 10.6 Å². The summed E-state index contributed by atoms with van der Waals surface area (Å²) in [5.41, 5.74) is 4.09. The normalized spacial score (nSPS) is 13.8. The van der Waals surface area contributed by atoms with Crippen molar-refractivity contribution in [3.8, 4) is 0 Å². The molecule has 1 aliphatic rings. The fourth-order valence-corrected chi connectivity index (χ4v) is 4.68. The van der Waals surface area contributed by atoms with Gasteiger partial charge in [0, 0.05) is 49.7 Å². The zero-order valence-corrected chi connectivity index (χ0v) is 21.1. The Hall–Kier alpha value is -3.23. The van der Waals surface area contributed by atoms with E-state index < -0.39 is 12.0 Å². The molecule has 8 nitrogen and oxygen atoms in total. The first-order chi connectivity index (χ1) is 17.6. The van der Waals surface area contributed by atoms with Crippen molar-refractivity contribution < 1.29 is 14.6 Å². The van der Waals surface area contributed by atoms with Gasteiger partial charge in [-0.25, -0.2) is 9.78 Å². The lowest BCUT2D eigenvalue weighted by Crippen LogP contribution is -2.36. The number of benzene rings is 1. The molecule has 0 aliphatic carbocycles. The van der Waals surface area contributed by atoms with Crippen molar-refractivity contribution in [2.45, 2.75) is 44.6 Å². The molecule has 192 valence electrons. The van der Waals surface area contributed by atoms with Crippen LogP contribution in [0.15, 0.2) is 48.7 Å². The summed E-state index contributed by atoms with van der Waals surface area (Å²) in [6, 6.07) is 13.3. The van der Waals surface area contributed by atoms with Crippen LogP contribution >= 0.6 is 0 Å². The van der Waals surface area contributed by atoms with Gasteiger partial charge in [0.05, 0.1) is 12.1 Å². The number of pyridine rings is 2. The molecule has 3 N–H and O–H groups in total. The number of carboxylic acids is 1. The predicted molar refractivity (Wildman–Crippen MR) is 144 cm³/mol. The maximum Gasteiger partial charge on any atom is 0.326 e. The van der Waals surface area contributed by atoms with Crippen molar-refractivity contribution in [3.63, 3.8) is 0 Å². The fraction of sp³-hybridized carbons (Fsp3) is 0.464. The van der Waals surface area contributed by atoms with Crippen LogP contribution in [-0.2, 0) is 22.4 Å². The highest BCUT2D eigenvalue weighted by Gasteiger charge is 2.20. The number of carboxylic acid groups (broad SMARTS) is 1. The smallest absolute Gasteiger partial charge is 0.326 e. The Labute approximate surface area is 213 Å². The standard InChI is InChI=1S/C28H37N5O3/c1-36-20-19-33(17-5-4-8-22-12-11-21-7-6-15-30-27(21)31-22)18-14-26(28(34)35)32-25-13-16-29-24-10-3-2-9-23(24)25/h2-3,9-13,16,26H,4-8,14-15,17-20H2,1H3,(H,29,32)(H,30,31)(H,34,35). The molecule has 1 unspecified atom stereocenters. The summed E-state index contributed by atoms with van der Waals surface area (Å²) in [4.78, 5) is 23.5. The number of methoxy groups -OCH3 is 1. The van der Waals surface area contributed by atoms with Crippen LogP contribution in [0.25, 0.3) is 10.9 Å². The number of ether oxygens (including phenoxy) is 1. The maximum absolute atomic E-state index is 12.1. The summed E-state index contributed by atoms with van der Waals surface area (Å²) in [5, 5.41) is 17.5. The van der Waals surface area contributed by atoms with Crippen LogP contribution in [0.5, 0.6) is 0 Å². The van der Waals surface area contributed by atoms with Gasteiger partial charge in [-0.05, 0) is 68.8 Å². The Morgan fingerprint density at radius 1 is 1.17 bits per heavy atom. The maximum atomic E-state index is 12.1. The van der Waals surface area contributed by atoms with E-state index in [-0.39, 0.29) is 0 Å². The van der Waals surface area contributed by atoms with Gasteiger partial charge >= 0.3 is 5.97 Å². The van der Waals surface area contributed by atoms with Crippen molar-refractivity contribution in [1.82, 2.24) is 14.9 Å². The molecule has 1 aromatic carbocycles. The number of hydrogen-bond acceptors (Lipinski definition) is 7. The minimum absolute atomic E-state index is 0.494. The lowest BCUT2D eigenvalue weighted by Gasteiger charge is -2.25. The molecule has 0 saturated heterocycles. The topological polar surface area (TPSA) is 99.6 Å². The Morgan fingerprint density at radius 2 is 2.06 bits per heavy atom. The van der Waals surface area contributed by atoms with E-state index >= 15 is 0 Å². The van der Waals surface area contributed by atoms with Crippen molar-refractivity contribution in [3.05, 3.63) is 59.9 Å². The predicted octanol–water partition coefficient (Wildman–Crippen LogP) is 4.21. The molecule has 1 aliphatic heterocycles. The number of aromatic nitrogens is 2. The van der Waals surface area contributed by atoms with Crippen LogP contribution in [0.3, 0.4) is 0 Å². The fourth-order valence-electron chi connectivity index (χ4n) is 4.68. The molecule has 2 aromatic heterocycles. The largest absolute Gasteiger partial charge is 0.480 e. The average Bonchev–Trinajstić information content (AvgIpc) is 2.91. The third-order valence-corrected chi connectivity index (χ3v) is 6.73. The van der Waals surface area contributed by atoms with Crippen molar-refractivity contribution in [1.29, 1.82) is 0 Å². The minimum Gasteiger partial charge on any atom is -0.480 e. The highest BCUT2D eigenvalue weighted by molar-refractivity contribution is 5.92. The zero-order chi connectivity index (χ0) is 25.2. The minimum atomic E-state index is -0.852. The van der Waals surface area contributed by atoms with E-state index in [1.165, 1.54) is 12.0 Å². The molecular weight excluding hydrogens is 454 g/mol. The van der Waals surface area contributed by atoms with E-state index in [4.69, 9.17) is 9.72 Å². The second-order valence-corrected chi connectivity index (χ2v) is 9.33. The molecular formula is C28H37N5O3. The van der Waals surface area contributed by atoms with Crippen LogP contribution in [0, 0.1) is 0 Å². The number of para-hydroxylation sites is 1. The van der Waals surface area contributed by atoms with Crippen LogP contribution in [0.2, 0.25) is 0 Å². The molecule has 0 spiro atoms. The second kappa shape index (κ2) is 13.2. The number of fused-ring (bicyclic) bond motifs is 2. The molecule has 36 heavy (non-hydrogen) atoms. The number of unbranched alkanes of at least 4 members (excludes halogenated alkanes) is 1. The SMILES string of the molecule is COCCN(CCCCc1ccc2c(n1)NCCC2)CCC(Nc1ccnc2ccccc12)C(=O)O. The van der Waals surface area contributed by atoms with E-state index in [9.17, 15) is 9.90 Å². The van der Waals surface area contributed by atoms with Gasteiger partial charge in [-0.3, -0.25) is 4.98 Å². The highest BCUT2D eigenvalue weighted by atomic mass is 16.5. The second-order valence-electron chi connectivity index (χ2n) is 9.33. The summed E-state index contributed by atoms with van der Waals surface area (Å²) in [6.07, 6.45) is 7.49. The number of rotatable bonds is 14. The van der Waals surface area contributed by atoms with E-state index in [1.54, 1.807) is 13.3 Å². The number of aryl methyl sites for hydroxylation is 2. The number of hydrogen-bond donors (Lipinski definition) is 3. The number of nitrogens with zero attached hydrogens (tertiary/aromatic N) is 3. The lowest BCUT2D eigenvalue weighted by atomic mass is 10.1. The summed E-state index contributed by atoms with van der Waals surface area (Å²) in [6.45, 7) is 3.98. The molecule has 0 bridgehead atoms. The van der Waals surface area contributed by atoms with Gasteiger partial charge in [-0.15, -0.1) is 0 Å². The molecule has 4 rings (SSSR count). The molecule has 3 heterocycles. The summed E-state index contributed by atoms with van der Waals surface area (Å²) in [5.74, 6) is 0.198. The Balaban J connectivity index is 1.29. The van der Waals surface area contributed by atoms with Gasteiger partial charge in [0.2, 0.25) is 0 Å². The molecule has 1 atom stereocenters. The van der Waals surface area contributed by atoms with Gasteiger partial charge < -0.3 is 25.4 Å². The summed E-state index contributed by atoms with van der Waals surface area (Å²) in [7, 11) is 1.70. The van der Waals surface area contributed by atoms with Crippen LogP contribution in [0.4, 0.5) is 11.5 Å². The van der Waals surface area contributed by atoms with Gasteiger partial charge in [0.1, 0.15) is 11.9 Å². The van der Waals surface area contributed by atoms with Crippen LogP contribution in [0.1, 0.15) is 36.9 Å². The summed E-state index contributed by atoms with van der Waals surface area (Å²) < 4.78 is 5.30. The summed E-state index contributed by atoms with van der Waals surface area (Å²) >= 11 is 0. The third-order valence-electron chi connectivity index (χ3n) is 6.73. The van der Waals surface area contributed by atoms with E-state index in [2.05, 4.69) is 32.7 Å². The highest BCUT2D eigenvalue weighted by Crippen LogP contribution is 2.23. The Morgan fingerprint density at radius 3 is 2.92 bits per heavy atom. The van der Waals surface area contributed by atoms with E-state index in [0.29, 0.717) is 19.6 Å².